The summed E-state index contributed by atoms with van der Waals surface area (Å²) < 4.78 is 26.2. The van der Waals surface area contributed by atoms with E-state index in [1.54, 1.807) is 5.38 Å². The predicted molar refractivity (Wildman–Crippen MR) is 71.0 cm³/mol. The van der Waals surface area contributed by atoms with Crippen LogP contribution in [0.5, 0.6) is 0 Å². The van der Waals surface area contributed by atoms with Gasteiger partial charge in [-0.2, -0.15) is 0 Å². The van der Waals surface area contributed by atoms with Crippen molar-refractivity contribution in [2.24, 2.45) is 0 Å². The molecular weight excluding hydrogens is 278 g/mol. The van der Waals surface area contributed by atoms with Gasteiger partial charge in [0.1, 0.15) is 5.03 Å². The normalized spacial score (nSPS) is 11.4. The number of nitrogens with one attached hydrogen (secondary N) is 1. The Hall–Kier alpha value is -1.25. The van der Waals surface area contributed by atoms with Crippen LogP contribution in [0.2, 0.25) is 0 Å². The zero-order valence-electron chi connectivity index (χ0n) is 8.49. The quantitative estimate of drug-likeness (QED) is 0.594. The maximum atomic E-state index is 11.9. The largest absolute Gasteiger partial charge is 0.399 e. The van der Waals surface area contributed by atoms with Gasteiger partial charge in [0, 0.05) is 11.1 Å². The van der Waals surface area contributed by atoms with E-state index in [1.807, 2.05) is 0 Å². The van der Waals surface area contributed by atoms with Crippen LogP contribution in [-0.4, -0.2) is 13.4 Å². The first kappa shape index (κ1) is 12.2. The molecule has 5 nitrogen and oxygen atoms in total. The van der Waals surface area contributed by atoms with E-state index in [0.29, 0.717) is 10.7 Å². The van der Waals surface area contributed by atoms with Crippen molar-refractivity contribution in [3.8, 4) is 0 Å². The molecule has 0 atom stereocenters. The van der Waals surface area contributed by atoms with Gasteiger partial charge in [-0.15, -0.1) is 24.0 Å². The number of thiazole rings is 1. The summed E-state index contributed by atoms with van der Waals surface area (Å²) in [7, 11) is -3.61. The molecule has 3 N–H and O–H groups in total. The van der Waals surface area contributed by atoms with Crippen LogP contribution in [0.15, 0.2) is 39.6 Å². The minimum atomic E-state index is -3.61. The number of hydrogen-bond acceptors (Lipinski definition) is 6. The molecule has 0 aliphatic rings. The highest BCUT2D eigenvalue weighted by Crippen LogP contribution is 2.21. The summed E-state index contributed by atoms with van der Waals surface area (Å²) >= 11 is 5.18. The zero-order valence-corrected chi connectivity index (χ0v) is 11.0. The highest BCUT2D eigenvalue weighted by Gasteiger charge is 2.15. The SMILES string of the molecule is Nc1ccc(S(=O)(=O)Nc2nc(S)cs2)cc1. The molecule has 0 fully saturated rings. The van der Waals surface area contributed by atoms with Crippen LogP contribution in [0, 0.1) is 0 Å². The second-order valence-electron chi connectivity index (χ2n) is 3.19. The Morgan fingerprint density at radius 1 is 1.29 bits per heavy atom. The van der Waals surface area contributed by atoms with Crippen molar-refractivity contribution >= 4 is 44.8 Å². The topological polar surface area (TPSA) is 85.1 Å². The first-order valence-electron chi connectivity index (χ1n) is 4.50. The van der Waals surface area contributed by atoms with E-state index in [-0.39, 0.29) is 10.0 Å². The molecule has 0 saturated heterocycles. The van der Waals surface area contributed by atoms with Crippen LogP contribution in [-0.2, 0) is 10.0 Å². The first-order valence-corrected chi connectivity index (χ1v) is 7.31. The average Bonchev–Trinajstić information content (AvgIpc) is 2.63. The summed E-state index contributed by atoms with van der Waals surface area (Å²) in [6, 6.07) is 5.93. The van der Waals surface area contributed by atoms with E-state index in [9.17, 15) is 8.42 Å². The summed E-state index contributed by atoms with van der Waals surface area (Å²) in [6.45, 7) is 0. The van der Waals surface area contributed by atoms with Gasteiger partial charge in [-0.25, -0.2) is 13.4 Å². The minimum absolute atomic E-state index is 0.141. The Morgan fingerprint density at radius 2 is 1.94 bits per heavy atom. The van der Waals surface area contributed by atoms with Crippen LogP contribution in [0.3, 0.4) is 0 Å². The van der Waals surface area contributed by atoms with Gasteiger partial charge in [-0.3, -0.25) is 4.72 Å². The molecule has 17 heavy (non-hydrogen) atoms. The van der Waals surface area contributed by atoms with Gasteiger partial charge in [0.25, 0.3) is 10.0 Å². The van der Waals surface area contributed by atoms with Gasteiger partial charge in [0.2, 0.25) is 0 Å². The van der Waals surface area contributed by atoms with E-state index in [4.69, 9.17) is 5.73 Å². The van der Waals surface area contributed by atoms with Crippen LogP contribution >= 0.6 is 24.0 Å². The number of nitrogen functional groups attached to an aromatic ring is 1. The van der Waals surface area contributed by atoms with E-state index < -0.39 is 10.0 Å². The van der Waals surface area contributed by atoms with Crippen molar-refractivity contribution in [1.82, 2.24) is 4.98 Å². The Bertz CT molecular complexity index is 619. The molecule has 1 aromatic heterocycles. The molecule has 0 unspecified atom stereocenters. The Kier molecular flexibility index (Phi) is 3.27. The van der Waals surface area contributed by atoms with Crippen molar-refractivity contribution in [2.45, 2.75) is 9.92 Å². The maximum Gasteiger partial charge on any atom is 0.263 e. The van der Waals surface area contributed by atoms with E-state index in [2.05, 4.69) is 22.3 Å². The monoisotopic (exact) mass is 287 g/mol. The van der Waals surface area contributed by atoms with Crippen molar-refractivity contribution in [3.05, 3.63) is 29.6 Å². The summed E-state index contributed by atoms with van der Waals surface area (Å²) in [4.78, 5) is 4.05. The maximum absolute atomic E-state index is 11.9. The second-order valence-corrected chi connectivity index (χ2v) is 6.18. The lowest BCUT2D eigenvalue weighted by Gasteiger charge is -2.04. The number of nitrogens with two attached hydrogens (primary N) is 1. The fourth-order valence-corrected chi connectivity index (χ4v) is 3.29. The smallest absolute Gasteiger partial charge is 0.263 e. The minimum Gasteiger partial charge on any atom is -0.399 e. The van der Waals surface area contributed by atoms with Crippen LogP contribution < -0.4 is 10.5 Å². The lowest BCUT2D eigenvalue weighted by atomic mass is 10.3. The van der Waals surface area contributed by atoms with Gasteiger partial charge in [0.05, 0.1) is 4.90 Å². The Labute approximate surface area is 108 Å². The fraction of sp³-hybridized carbons (Fsp3) is 0. The number of rotatable bonds is 3. The van der Waals surface area contributed by atoms with Crippen LogP contribution in [0.25, 0.3) is 0 Å². The van der Waals surface area contributed by atoms with Gasteiger partial charge in [-0.1, -0.05) is 0 Å². The highest BCUT2D eigenvalue weighted by molar-refractivity contribution is 7.93. The van der Waals surface area contributed by atoms with Gasteiger partial charge in [-0.05, 0) is 24.3 Å². The van der Waals surface area contributed by atoms with Crippen molar-refractivity contribution in [2.75, 3.05) is 10.5 Å². The standard InChI is InChI=1S/C9H9N3O2S3/c10-6-1-3-7(4-2-6)17(13,14)12-9-11-8(15)5-16-9/h1-5,15H,10H2,(H,11,12). The molecule has 0 aliphatic carbocycles. The molecule has 2 aromatic rings. The number of benzene rings is 1. The van der Waals surface area contributed by atoms with E-state index >= 15 is 0 Å². The third-order valence-corrected chi connectivity index (χ3v) is 4.55. The molecule has 0 amide bonds. The Balaban J connectivity index is 2.28. The molecule has 1 heterocycles. The highest BCUT2D eigenvalue weighted by atomic mass is 32.2. The van der Waals surface area contributed by atoms with Crippen molar-refractivity contribution in [1.29, 1.82) is 0 Å². The molecule has 2 rings (SSSR count). The summed E-state index contributed by atoms with van der Waals surface area (Å²) in [5, 5.41) is 2.40. The lowest BCUT2D eigenvalue weighted by Crippen LogP contribution is -2.12. The average molecular weight is 287 g/mol. The number of thiol groups is 1. The third kappa shape index (κ3) is 2.90. The molecule has 0 aliphatic heterocycles. The number of nitrogens with zero attached hydrogens (tertiary/aromatic N) is 1. The molecule has 0 saturated carbocycles. The Morgan fingerprint density at radius 3 is 2.47 bits per heavy atom. The molecule has 90 valence electrons. The fourth-order valence-electron chi connectivity index (χ4n) is 1.13. The predicted octanol–water partition coefficient (Wildman–Crippen LogP) is 1.81. The summed E-state index contributed by atoms with van der Waals surface area (Å²) in [5.41, 5.74) is 6.00. The van der Waals surface area contributed by atoms with E-state index in [1.165, 1.54) is 35.6 Å². The first-order chi connectivity index (χ1) is 7.97. The zero-order chi connectivity index (χ0) is 12.5. The number of anilines is 2. The summed E-state index contributed by atoms with van der Waals surface area (Å²) in [6.07, 6.45) is 0. The summed E-state index contributed by atoms with van der Waals surface area (Å²) in [5.74, 6) is 0. The van der Waals surface area contributed by atoms with Crippen molar-refractivity contribution < 1.29 is 8.42 Å². The third-order valence-electron chi connectivity index (χ3n) is 1.90. The van der Waals surface area contributed by atoms with Crippen molar-refractivity contribution in [3.63, 3.8) is 0 Å². The molecule has 0 spiro atoms. The van der Waals surface area contributed by atoms with Crippen LogP contribution in [0.1, 0.15) is 0 Å². The van der Waals surface area contributed by atoms with Crippen LogP contribution in [0.4, 0.5) is 10.8 Å². The van der Waals surface area contributed by atoms with E-state index in [0.717, 1.165) is 0 Å². The number of hydrogen-bond donors (Lipinski definition) is 3. The van der Waals surface area contributed by atoms with Gasteiger partial charge >= 0.3 is 0 Å². The van der Waals surface area contributed by atoms with Gasteiger partial charge in [0.15, 0.2) is 5.13 Å². The molecule has 8 heteroatoms. The number of sulfonamides is 1. The lowest BCUT2D eigenvalue weighted by molar-refractivity contribution is 0.601. The molecule has 1 aromatic carbocycles. The molecule has 0 radical (unpaired) electrons. The second kappa shape index (κ2) is 4.55. The number of aromatic nitrogens is 1. The van der Waals surface area contributed by atoms with Gasteiger partial charge < -0.3 is 5.73 Å². The molecule has 0 bridgehead atoms. The molecular formula is C9H9N3O2S3.